The summed E-state index contributed by atoms with van der Waals surface area (Å²) < 4.78 is 11.8. The Morgan fingerprint density at radius 1 is 0.660 bits per heavy atom. The zero-order valence-electron chi connectivity index (χ0n) is 28.7. The number of benzene rings is 4. The molecule has 268 valence electrons. The molecule has 4 aromatic rings. The summed E-state index contributed by atoms with van der Waals surface area (Å²) in [6, 6.07) is 36.7. The molecule has 4 aromatic carbocycles. The van der Waals surface area contributed by atoms with Gasteiger partial charge < -0.3 is 29.5 Å². The molecule has 0 saturated carbocycles. The van der Waals surface area contributed by atoms with Crippen LogP contribution in [-0.2, 0) is 13.2 Å². The molecule has 0 spiro atoms. The normalized spacial score (nSPS) is 13.4. The van der Waals surface area contributed by atoms with Crippen LogP contribution in [0.2, 0.25) is 0 Å². The highest BCUT2D eigenvalue weighted by Gasteiger charge is 2.25. The number of ether oxygens (including phenoxy) is 2. The van der Waals surface area contributed by atoms with Gasteiger partial charge in [0.1, 0.15) is 24.7 Å². The lowest BCUT2D eigenvalue weighted by atomic mass is 10.2. The van der Waals surface area contributed by atoms with E-state index in [1.807, 2.05) is 66.7 Å². The fourth-order valence-electron chi connectivity index (χ4n) is 5.19. The van der Waals surface area contributed by atoms with Crippen molar-refractivity contribution in [1.29, 1.82) is 0 Å². The molecule has 0 amide bonds. The average Bonchev–Trinajstić information content (AvgIpc) is 3.75. The number of hydrogen-bond acceptors (Lipinski definition) is 4. The second-order valence-electron chi connectivity index (χ2n) is 11.7. The number of hydrogen-bond donors (Lipinski definition) is 1. The summed E-state index contributed by atoms with van der Waals surface area (Å²) in [6.45, 7) is 10.4. The number of rotatable bonds is 13. The van der Waals surface area contributed by atoms with E-state index < -0.39 is 0 Å². The minimum atomic E-state index is 0. The van der Waals surface area contributed by atoms with Crippen LogP contribution in [0.25, 0.3) is 0 Å². The zero-order valence-corrected chi connectivity index (χ0v) is 31.9. The van der Waals surface area contributed by atoms with Gasteiger partial charge in [0.05, 0.1) is 0 Å². The predicted molar refractivity (Wildman–Crippen MR) is 224 cm³/mol. The van der Waals surface area contributed by atoms with E-state index in [-0.39, 0.29) is 7.43 Å². The van der Waals surface area contributed by atoms with Crippen LogP contribution in [0.4, 0.5) is 11.4 Å². The van der Waals surface area contributed by atoms with Gasteiger partial charge in [-0.25, -0.2) is 0 Å². The molecule has 6 nitrogen and oxygen atoms in total. The van der Waals surface area contributed by atoms with E-state index in [4.69, 9.17) is 33.9 Å². The highest BCUT2D eigenvalue weighted by Crippen LogP contribution is 2.26. The highest BCUT2D eigenvalue weighted by atomic mass is 79.9. The molecule has 2 fully saturated rings. The van der Waals surface area contributed by atoms with Crippen LogP contribution in [0.5, 0.6) is 11.5 Å². The predicted octanol–water partition coefficient (Wildman–Crippen LogP) is 10.3. The monoisotopic (exact) mass is 776 g/mol. The molecule has 0 atom stereocenters. The van der Waals surface area contributed by atoms with Crippen molar-refractivity contribution < 1.29 is 9.47 Å². The van der Waals surface area contributed by atoms with Gasteiger partial charge in [0.2, 0.25) is 0 Å². The average molecular weight is 778 g/mol. The van der Waals surface area contributed by atoms with Crippen LogP contribution in [0.1, 0.15) is 58.1 Å². The first kappa shape index (κ1) is 40.8. The van der Waals surface area contributed by atoms with Gasteiger partial charge >= 0.3 is 0 Å². The summed E-state index contributed by atoms with van der Waals surface area (Å²) in [4.78, 5) is 6.60. The van der Waals surface area contributed by atoms with Crippen molar-refractivity contribution in [2.45, 2.75) is 60.2 Å². The number of nitrogens with zero attached hydrogens (tertiary/aromatic N) is 3. The Bertz CT molecular complexity index is 1560. The first-order valence-electron chi connectivity index (χ1n) is 17.2. The molecular formula is C41H53BrN4O2S2. The first-order chi connectivity index (χ1) is 24.0. The topological polar surface area (TPSA) is 40.2 Å². The molecule has 2 aliphatic rings. The zero-order chi connectivity index (χ0) is 34.7. The fraction of sp³-hybridized carbons (Fsp3) is 0.366. The number of alkyl halides is 1. The molecular weight excluding hydrogens is 725 g/mol. The van der Waals surface area contributed by atoms with Gasteiger partial charge in [0.15, 0.2) is 10.2 Å². The largest absolute Gasteiger partial charge is 0.489 e. The molecule has 0 aromatic heterocycles. The number of halogens is 1. The lowest BCUT2D eigenvalue weighted by Crippen LogP contribution is -2.32. The van der Waals surface area contributed by atoms with Gasteiger partial charge in [-0.3, -0.25) is 0 Å². The quantitative estimate of drug-likeness (QED) is 0.106. The smallest absolute Gasteiger partial charge is 0.176 e. The molecule has 6 rings (SSSR count). The van der Waals surface area contributed by atoms with E-state index in [2.05, 4.69) is 92.3 Å². The van der Waals surface area contributed by atoms with Crippen molar-refractivity contribution in [3.05, 3.63) is 120 Å². The van der Waals surface area contributed by atoms with Gasteiger partial charge in [-0.2, -0.15) is 0 Å². The van der Waals surface area contributed by atoms with Gasteiger partial charge in [-0.1, -0.05) is 123 Å². The van der Waals surface area contributed by atoms with Gasteiger partial charge in [-0.05, 0) is 72.7 Å². The summed E-state index contributed by atoms with van der Waals surface area (Å²) >= 11 is 14.2. The molecule has 0 unspecified atom stereocenters. The van der Waals surface area contributed by atoms with Crippen molar-refractivity contribution in [2.24, 2.45) is 0 Å². The van der Waals surface area contributed by atoms with Crippen molar-refractivity contribution in [2.75, 3.05) is 47.9 Å². The van der Waals surface area contributed by atoms with Crippen molar-refractivity contribution >= 4 is 62.0 Å². The number of nitrogens with one attached hydrogen (secondary N) is 1. The molecule has 2 heterocycles. The minimum absolute atomic E-state index is 0. The van der Waals surface area contributed by atoms with Crippen LogP contribution >= 0.6 is 40.4 Å². The Morgan fingerprint density at radius 2 is 1.20 bits per heavy atom. The highest BCUT2D eigenvalue weighted by molar-refractivity contribution is 9.09. The van der Waals surface area contributed by atoms with E-state index >= 15 is 0 Å². The molecule has 2 aliphatic heterocycles. The van der Waals surface area contributed by atoms with Crippen molar-refractivity contribution in [3.63, 3.8) is 0 Å². The minimum Gasteiger partial charge on any atom is -0.489 e. The Morgan fingerprint density at radius 3 is 1.66 bits per heavy atom. The molecule has 9 heteroatoms. The summed E-state index contributed by atoms with van der Waals surface area (Å²) in [5, 5.41) is 6.03. The van der Waals surface area contributed by atoms with Crippen molar-refractivity contribution in [1.82, 2.24) is 10.2 Å². The van der Waals surface area contributed by atoms with E-state index in [0.717, 1.165) is 76.7 Å². The van der Waals surface area contributed by atoms with E-state index in [1.54, 1.807) is 0 Å². The maximum atomic E-state index is 5.94. The Balaban J connectivity index is 0.000000237. The van der Waals surface area contributed by atoms with Crippen LogP contribution in [0.15, 0.2) is 109 Å². The third-order valence-corrected chi connectivity index (χ3v) is 9.38. The van der Waals surface area contributed by atoms with E-state index in [9.17, 15) is 0 Å². The SMILES string of the molecule is C.CCCCBr.CCCCN1CCN(c2cccc(OCc3ccccc3)c2)C1=S.S=C1NCCN1c1cccc(OCc2ccccc2)c1. The molecule has 0 aliphatic carbocycles. The third-order valence-electron chi connectivity index (χ3n) is 7.98. The molecule has 50 heavy (non-hydrogen) atoms. The van der Waals surface area contributed by atoms with Crippen LogP contribution in [-0.4, -0.2) is 53.2 Å². The van der Waals surface area contributed by atoms with Crippen molar-refractivity contribution in [3.8, 4) is 11.5 Å². The third kappa shape index (κ3) is 13.2. The van der Waals surface area contributed by atoms with Gasteiger partial charge in [-0.15, -0.1) is 0 Å². The maximum absolute atomic E-state index is 5.94. The first-order valence-corrected chi connectivity index (χ1v) is 19.2. The summed E-state index contributed by atoms with van der Waals surface area (Å²) in [7, 11) is 0. The Kier molecular flexibility index (Phi) is 18.7. The molecule has 0 bridgehead atoms. The maximum Gasteiger partial charge on any atom is 0.176 e. The van der Waals surface area contributed by atoms with Gasteiger partial charge in [0, 0.05) is 61.6 Å². The number of anilines is 2. The number of thiocarbonyl (C=S) groups is 2. The Labute approximate surface area is 319 Å². The van der Waals surface area contributed by atoms with E-state index in [1.165, 1.54) is 31.2 Å². The van der Waals surface area contributed by atoms with E-state index in [0.29, 0.717) is 13.2 Å². The van der Waals surface area contributed by atoms with Crippen LogP contribution in [0.3, 0.4) is 0 Å². The van der Waals surface area contributed by atoms with Gasteiger partial charge in [0.25, 0.3) is 0 Å². The molecule has 1 N–H and O–H groups in total. The summed E-state index contributed by atoms with van der Waals surface area (Å²) in [6.07, 6.45) is 4.99. The summed E-state index contributed by atoms with van der Waals surface area (Å²) in [5.41, 5.74) is 4.52. The molecule has 2 saturated heterocycles. The Hall–Kier alpha value is -3.66. The fourth-order valence-corrected chi connectivity index (χ4v) is 6.43. The lowest BCUT2D eigenvalue weighted by Gasteiger charge is -2.22. The standard InChI is InChI=1S/C20H24N2OS.C16H16N2OS.C4H9Br.CH4/c1-2-3-12-21-13-14-22(20(21)24)18-10-7-11-19(15-18)23-16-17-8-5-4-6-9-17;20-16-17-9-10-18(16)14-7-4-8-15(11-14)19-12-13-5-2-1-3-6-13;1-2-3-4-5;/h4-11,15H,2-3,12-14,16H2,1H3;1-8,11H,9-10,12H2,(H,17,20);2-4H2,1H3;1H4. The molecule has 0 radical (unpaired) electrons. The number of unbranched alkanes of at least 4 members (excludes halogenated alkanes) is 2. The van der Waals surface area contributed by atoms with Crippen LogP contribution in [0, 0.1) is 0 Å². The van der Waals surface area contributed by atoms with Crippen LogP contribution < -0.4 is 24.6 Å². The second-order valence-corrected chi connectivity index (χ2v) is 13.3. The second kappa shape index (κ2) is 22.9. The summed E-state index contributed by atoms with van der Waals surface area (Å²) in [5.74, 6) is 1.74. The lowest BCUT2D eigenvalue weighted by molar-refractivity contribution is 0.306.